The van der Waals surface area contributed by atoms with Gasteiger partial charge in [-0.15, -0.1) is 0 Å². The smallest absolute Gasteiger partial charge is 0.0983 e. The van der Waals surface area contributed by atoms with Crippen molar-refractivity contribution in [3.63, 3.8) is 0 Å². The SMILES string of the molecule is Cc1c2cc3c(c1NCC2O)NCC3O. The maximum Gasteiger partial charge on any atom is 0.0983 e. The second-order valence-corrected chi connectivity index (χ2v) is 4.22. The van der Waals surface area contributed by atoms with Crippen LogP contribution in [0.3, 0.4) is 0 Å². The second-order valence-electron chi connectivity index (χ2n) is 4.22. The average Bonchev–Trinajstić information content (AvgIpc) is 2.54. The minimum absolute atomic E-state index is 0.454. The van der Waals surface area contributed by atoms with Crippen molar-refractivity contribution in [2.24, 2.45) is 0 Å². The summed E-state index contributed by atoms with van der Waals surface area (Å²) in [6.45, 7) is 3.10. The summed E-state index contributed by atoms with van der Waals surface area (Å²) in [7, 11) is 0. The number of aliphatic hydroxyl groups is 2. The molecule has 4 nitrogen and oxygen atoms in total. The Morgan fingerprint density at radius 2 is 1.67 bits per heavy atom. The van der Waals surface area contributed by atoms with Crippen LogP contribution in [0.15, 0.2) is 6.07 Å². The molecule has 3 rings (SSSR count). The molecule has 2 bridgehead atoms. The van der Waals surface area contributed by atoms with E-state index < -0.39 is 12.2 Å². The first-order chi connectivity index (χ1) is 7.18. The molecule has 2 aliphatic heterocycles. The van der Waals surface area contributed by atoms with Crippen molar-refractivity contribution in [3.05, 3.63) is 22.8 Å². The van der Waals surface area contributed by atoms with Crippen LogP contribution in [-0.4, -0.2) is 23.3 Å². The highest BCUT2D eigenvalue weighted by Gasteiger charge is 2.29. The number of aliphatic hydroxyl groups excluding tert-OH is 2. The molecule has 0 amide bonds. The normalized spacial score (nSPS) is 26.9. The van der Waals surface area contributed by atoms with Crippen molar-refractivity contribution in [3.8, 4) is 0 Å². The highest BCUT2D eigenvalue weighted by molar-refractivity contribution is 5.81. The predicted octanol–water partition coefficient (Wildman–Crippen LogP) is 0.913. The van der Waals surface area contributed by atoms with E-state index in [2.05, 4.69) is 10.6 Å². The molecular weight excluding hydrogens is 192 g/mol. The molecule has 4 N–H and O–H groups in total. The van der Waals surface area contributed by atoms with E-state index in [1.54, 1.807) is 0 Å². The van der Waals surface area contributed by atoms with Gasteiger partial charge >= 0.3 is 0 Å². The van der Waals surface area contributed by atoms with Gasteiger partial charge in [0, 0.05) is 18.7 Å². The Hall–Kier alpha value is -1.26. The number of benzene rings is 1. The van der Waals surface area contributed by atoms with E-state index in [-0.39, 0.29) is 0 Å². The molecule has 2 aliphatic rings. The van der Waals surface area contributed by atoms with Crippen LogP contribution in [-0.2, 0) is 0 Å². The number of hydrogen-bond acceptors (Lipinski definition) is 4. The molecule has 2 heterocycles. The molecule has 0 saturated heterocycles. The van der Waals surface area contributed by atoms with Crippen molar-refractivity contribution < 1.29 is 10.2 Å². The number of hydrogen-bond donors (Lipinski definition) is 4. The first kappa shape index (κ1) is 9.00. The van der Waals surface area contributed by atoms with Crippen LogP contribution >= 0.6 is 0 Å². The van der Waals surface area contributed by atoms with Gasteiger partial charge in [0.1, 0.15) is 0 Å². The molecule has 0 saturated carbocycles. The molecule has 80 valence electrons. The Morgan fingerprint density at radius 3 is 2.40 bits per heavy atom. The van der Waals surface area contributed by atoms with E-state index in [0.717, 1.165) is 28.1 Å². The zero-order chi connectivity index (χ0) is 10.6. The Balaban J connectivity index is 2.26. The van der Waals surface area contributed by atoms with Gasteiger partial charge in [-0.2, -0.15) is 0 Å². The van der Waals surface area contributed by atoms with Crippen LogP contribution in [0, 0.1) is 6.92 Å². The lowest BCUT2D eigenvalue weighted by Gasteiger charge is -2.27. The van der Waals surface area contributed by atoms with E-state index in [1.165, 1.54) is 0 Å². The number of rotatable bonds is 0. The summed E-state index contributed by atoms with van der Waals surface area (Å²) in [5.74, 6) is 0. The standard InChI is InChI=1S/C11H14N2O2/c1-5-6-2-7-9(15)4-13-11(7)10(5)12-3-8(6)14/h2,8-9,12-15H,3-4H2,1H3. The van der Waals surface area contributed by atoms with Crippen LogP contribution in [0.25, 0.3) is 0 Å². The third-order valence-corrected chi connectivity index (χ3v) is 3.32. The lowest BCUT2D eigenvalue weighted by atomic mass is 9.93. The topological polar surface area (TPSA) is 64.5 Å². The molecule has 0 radical (unpaired) electrons. The lowest BCUT2D eigenvalue weighted by molar-refractivity contribution is 0.185. The molecule has 0 spiro atoms. The van der Waals surface area contributed by atoms with Crippen LogP contribution < -0.4 is 10.6 Å². The summed E-state index contributed by atoms with van der Waals surface area (Å²) in [5, 5.41) is 26.0. The number of fused-ring (bicyclic) bond motifs is 4. The van der Waals surface area contributed by atoms with Crippen LogP contribution in [0.2, 0.25) is 0 Å². The van der Waals surface area contributed by atoms with Gasteiger partial charge in [-0.1, -0.05) is 0 Å². The average molecular weight is 206 g/mol. The highest BCUT2D eigenvalue weighted by Crippen LogP contribution is 2.43. The van der Waals surface area contributed by atoms with Crippen LogP contribution in [0.1, 0.15) is 28.9 Å². The van der Waals surface area contributed by atoms with Gasteiger partial charge in [-0.25, -0.2) is 0 Å². The fraction of sp³-hybridized carbons (Fsp3) is 0.455. The summed E-state index contributed by atoms with van der Waals surface area (Å²) < 4.78 is 0. The van der Waals surface area contributed by atoms with Crippen LogP contribution in [0.5, 0.6) is 0 Å². The van der Waals surface area contributed by atoms with E-state index in [9.17, 15) is 10.2 Å². The number of β-amino-alcohol motifs (C(OH)–C–C–N with tert-alkyl or cyclic N) is 2. The predicted molar refractivity (Wildman–Crippen MR) is 58.1 cm³/mol. The quantitative estimate of drug-likeness (QED) is 0.509. The molecule has 1 aromatic carbocycles. The summed E-state index contributed by atoms with van der Waals surface area (Å²) in [5.41, 5.74) is 4.94. The van der Waals surface area contributed by atoms with Gasteiger partial charge in [0.2, 0.25) is 0 Å². The first-order valence-electron chi connectivity index (χ1n) is 5.19. The zero-order valence-corrected chi connectivity index (χ0v) is 8.54. The van der Waals surface area contributed by atoms with Gasteiger partial charge in [0.25, 0.3) is 0 Å². The maximum atomic E-state index is 9.81. The molecule has 15 heavy (non-hydrogen) atoms. The molecule has 0 aromatic heterocycles. The largest absolute Gasteiger partial charge is 0.387 e. The van der Waals surface area contributed by atoms with Gasteiger partial charge in [0.15, 0.2) is 0 Å². The molecular formula is C11H14N2O2. The Labute approximate surface area is 87.9 Å². The maximum absolute atomic E-state index is 9.81. The zero-order valence-electron chi connectivity index (χ0n) is 8.54. The van der Waals surface area contributed by atoms with E-state index >= 15 is 0 Å². The van der Waals surface area contributed by atoms with E-state index in [0.29, 0.717) is 13.1 Å². The Morgan fingerprint density at radius 1 is 1.07 bits per heavy atom. The van der Waals surface area contributed by atoms with Gasteiger partial charge < -0.3 is 20.8 Å². The Bertz CT molecular complexity index is 430. The molecule has 2 unspecified atom stereocenters. The molecule has 0 fully saturated rings. The molecule has 0 aliphatic carbocycles. The number of anilines is 2. The lowest BCUT2D eigenvalue weighted by Crippen LogP contribution is -2.20. The van der Waals surface area contributed by atoms with Crippen molar-refractivity contribution in [1.82, 2.24) is 0 Å². The minimum Gasteiger partial charge on any atom is -0.387 e. The van der Waals surface area contributed by atoms with E-state index in [1.807, 2.05) is 13.0 Å². The second kappa shape index (κ2) is 2.87. The fourth-order valence-corrected chi connectivity index (χ4v) is 2.46. The van der Waals surface area contributed by atoms with Crippen molar-refractivity contribution in [2.45, 2.75) is 19.1 Å². The van der Waals surface area contributed by atoms with Gasteiger partial charge in [-0.05, 0) is 24.1 Å². The summed E-state index contributed by atoms with van der Waals surface area (Å²) in [6, 6.07) is 1.92. The van der Waals surface area contributed by atoms with Gasteiger partial charge in [0.05, 0.1) is 23.6 Å². The molecule has 4 heteroatoms. The molecule has 1 aromatic rings. The van der Waals surface area contributed by atoms with E-state index in [4.69, 9.17) is 0 Å². The summed E-state index contributed by atoms with van der Waals surface area (Å²) in [4.78, 5) is 0. The monoisotopic (exact) mass is 206 g/mol. The highest BCUT2D eigenvalue weighted by atomic mass is 16.3. The number of nitrogens with one attached hydrogen (secondary N) is 2. The summed E-state index contributed by atoms with van der Waals surface area (Å²) in [6.07, 6.45) is -0.916. The molecule has 2 atom stereocenters. The third-order valence-electron chi connectivity index (χ3n) is 3.32. The van der Waals surface area contributed by atoms with Crippen molar-refractivity contribution >= 4 is 11.4 Å². The summed E-state index contributed by atoms with van der Waals surface area (Å²) >= 11 is 0. The fourth-order valence-electron chi connectivity index (χ4n) is 2.46. The minimum atomic E-state index is -0.462. The first-order valence-corrected chi connectivity index (χ1v) is 5.19. The van der Waals surface area contributed by atoms with Crippen LogP contribution in [0.4, 0.5) is 11.4 Å². The van der Waals surface area contributed by atoms with Crippen molar-refractivity contribution in [2.75, 3.05) is 23.7 Å². The Kier molecular flexibility index (Phi) is 1.72. The third kappa shape index (κ3) is 1.09. The van der Waals surface area contributed by atoms with Crippen molar-refractivity contribution in [1.29, 1.82) is 0 Å². The van der Waals surface area contributed by atoms with Gasteiger partial charge in [-0.3, -0.25) is 0 Å².